The summed E-state index contributed by atoms with van der Waals surface area (Å²) in [6.07, 6.45) is 0. The van der Waals surface area contributed by atoms with Crippen molar-refractivity contribution in [2.75, 3.05) is 0 Å². The van der Waals surface area contributed by atoms with Crippen LogP contribution in [0.2, 0.25) is 0 Å². The second kappa shape index (κ2) is 6.37. The van der Waals surface area contributed by atoms with Gasteiger partial charge in [-0.3, -0.25) is 4.79 Å². The number of nitrogens with zero attached hydrogens (tertiary/aromatic N) is 1. The monoisotopic (exact) mass is 332 g/mol. The molecule has 0 aliphatic heterocycles. The van der Waals surface area contributed by atoms with Gasteiger partial charge in [-0.05, 0) is 36.6 Å². The number of thiophene rings is 1. The average Bonchev–Trinajstić information content (AvgIpc) is 3.14. The smallest absolute Gasteiger partial charge is 0.251 e. The number of benzene rings is 1. The van der Waals surface area contributed by atoms with E-state index in [1.807, 2.05) is 24.4 Å². The van der Waals surface area contributed by atoms with Crippen LogP contribution < -0.4 is 5.32 Å². The first-order valence-corrected chi connectivity index (χ1v) is 8.37. The van der Waals surface area contributed by atoms with E-state index in [0.29, 0.717) is 12.1 Å². The summed E-state index contributed by atoms with van der Waals surface area (Å²) in [6, 6.07) is 9.68. The molecular weight excluding hydrogens is 319 g/mol. The third-order valence-electron chi connectivity index (χ3n) is 3.12. The number of aromatic nitrogens is 1. The number of nitrogens with one attached hydrogen (secondary N) is 1. The van der Waals surface area contributed by atoms with Gasteiger partial charge in [0.1, 0.15) is 10.8 Å². The molecule has 0 unspecified atom stereocenters. The fraction of sp³-hybridized carbons (Fsp3) is 0.125. The molecule has 0 aliphatic carbocycles. The van der Waals surface area contributed by atoms with Gasteiger partial charge in [0.2, 0.25) is 0 Å². The molecule has 0 saturated heterocycles. The highest BCUT2D eigenvalue weighted by molar-refractivity contribution is 7.21. The SMILES string of the molecule is Cc1nc(-c2cccs2)sc1CNC(=O)c1cccc(F)c1. The van der Waals surface area contributed by atoms with Crippen LogP contribution in [0.5, 0.6) is 0 Å². The van der Waals surface area contributed by atoms with Crippen LogP contribution >= 0.6 is 22.7 Å². The largest absolute Gasteiger partial charge is 0.347 e. The zero-order chi connectivity index (χ0) is 15.5. The third kappa shape index (κ3) is 3.23. The molecule has 1 amide bonds. The van der Waals surface area contributed by atoms with Crippen molar-refractivity contribution in [1.82, 2.24) is 10.3 Å². The molecule has 1 N–H and O–H groups in total. The van der Waals surface area contributed by atoms with E-state index >= 15 is 0 Å². The van der Waals surface area contributed by atoms with Crippen LogP contribution in [0.4, 0.5) is 4.39 Å². The highest BCUT2D eigenvalue weighted by Gasteiger charge is 2.12. The summed E-state index contributed by atoms with van der Waals surface area (Å²) in [5.41, 5.74) is 1.23. The van der Waals surface area contributed by atoms with Crippen molar-refractivity contribution in [1.29, 1.82) is 0 Å². The van der Waals surface area contributed by atoms with Gasteiger partial charge in [-0.25, -0.2) is 9.37 Å². The van der Waals surface area contributed by atoms with Gasteiger partial charge >= 0.3 is 0 Å². The van der Waals surface area contributed by atoms with Gasteiger partial charge in [-0.15, -0.1) is 22.7 Å². The minimum absolute atomic E-state index is 0.287. The Kier molecular flexibility index (Phi) is 4.31. The molecule has 2 heterocycles. The molecule has 2 aromatic heterocycles. The van der Waals surface area contributed by atoms with E-state index in [0.717, 1.165) is 20.5 Å². The summed E-state index contributed by atoms with van der Waals surface area (Å²) in [4.78, 5) is 18.7. The highest BCUT2D eigenvalue weighted by Crippen LogP contribution is 2.30. The molecular formula is C16H13FN2OS2. The van der Waals surface area contributed by atoms with Crippen molar-refractivity contribution < 1.29 is 9.18 Å². The Morgan fingerprint density at radius 2 is 2.18 bits per heavy atom. The molecule has 0 radical (unpaired) electrons. The van der Waals surface area contributed by atoms with Crippen molar-refractivity contribution in [2.45, 2.75) is 13.5 Å². The minimum Gasteiger partial charge on any atom is -0.347 e. The number of rotatable bonds is 4. The van der Waals surface area contributed by atoms with E-state index in [4.69, 9.17) is 0 Å². The maximum absolute atomic E-state index is 13.1. The van der Waals surface area contributed by atoms with Crippen LogP contribution in [0.15, 0.2) is 41.8 Å². The summed E-state index contributed by atoms with van der Waals surface area (Å²) < 4.78 is 13.1. The molecule has 3 nitrogen and oxygen atoms in total. The lowest BCUT2D eigenvalue weighted by molar-refractivity contribution is 0.0951. The predicted molar refractivity (Wildman–Crippen MR) is 87.7 cm³/mol. The number of carbonyl (C=O) groups excluding carboxylic acids is 1. The maximum atomic E-state index is 13.1. The van der Waals surface area contributed by atoms with Crippen molar-refractivity contribution in [3.63, 3.8) is 0 Å². The predicted octanol–water partition coefficient (Wildman–Crippen LogP) is 4.25. The van der Waals surface area contributed by atoms with E-state index in [2.05, 4.69) is 10.3 Å². The lowest BCUT2D eigenvalue weighted by Crippen LogP contribution is -2.22. The molecule has 22 heavy (non-hydrogen) atoms. The fourth-order valence-electron chi connectivity index (χ4n) is 1.99. The molecule has 0 spiro atoms. The Morgan fingerprint density at radius 1 is 1.32 bits per heavy atom. The van der Waals surface area contributed by atoms with Gasteiger partial charge in [-0.1, -0.05) is 12.1 Å². The van der Waals surface area contributed by atoms with Crippen LogP contribution in [0.1, 0.15) is 20.9 Å². The summed E-state index contributed by atoms with van der Waals surface area (Å²) in [5, 5.41) is 5.78. The Bertz CT molecular complexity index is 796. The number of hydrogen-bond donors (Lipinski definition) is 1. The van der Waals surface area contributed by atoms with E-state index in [9.17, 15) is 9.18 Å². The summed E-state index contributed by atoms with van der Waals surface area (Å²) in [7, 11) is 0. The molecule has 112 valence electrons. The first kappa shape index (κ1) is 14.9. The van der Waals surface area contributed by atoms with Crippen molar-refractivity contribution >= 4 is 28.6 Å². The molecule has 1 aromatic carbocycles. The van der Waals surface area contributed by atoms with E-state index in [1.54, 1.807) is 28.7 Å². The molecule has 0 fully saturated rings. The number of aryl methyl sites for hydroxylation is 1. The highest BCUT2D eigenvalue weighted by atomic mass is 32.1. The molecule has 0 bridgehead atoms. The van der Waals surface area contributed by atoms with Gasteiger partial charge in [0.25, 0.3) is 5.91 Å². The topological polar surface area (TPSA) is 42.0 Å². The molecule has 0 aliphatic rings. The molecule has 3 aromatic rings. The van der Waals surface area contributed by atoms with Crippen molar-refractivity contribution in [3.8, 4) is 9.88 Å². The summed E-state index contributed by atoms with van der Waals surface area (Å²) in [5.74, 6) is -0.702. The number of hydrogen-bond acceptors (Lipinski definition) is 4. The molecule has 0 saturated carbocycles. The molecule has 3 rings (SSSR count). The lowest BCUT2D eigenvalue weighted by atomic mass is 10.2. The van der Waals surface area contributed by atoms with Crippen LogP contribution in [0.3, 0.4) is 0 Å². The van der Waals surface area contributed by atoms with Crippen LogP contribution in [0, 0.1) is 12.7 Å². The number of thiazole rings is 1. The molecule has 0 atom stereocenters. The van der Waals surface area contributed by atoms with Gasteiger partial charge < -0.3 is 5.32 Å². The van der Waals surface area contributed by atoms with Gasteiger partial charge in [0.15, 0.2) is 0 Å². The Labute approximate surface area is 135 Å². The standard InChI is InChI=1S/C16H13FN2OS2/c1-10-14(22-16(19-10)13-6-3-7-21-13)9-18-15(20)11-4-2-5-12(17)8-11/h2-8H,9H2,1H3,(H,18,20). The van der Waals surface area contributed by atoms with E-state index < -0.39 is 5.82 Å². The fourth-order valence-corrected chi connectivity index (χ4v) is 3.79. The maximum Gasteiger partial charge on any atom is 0.251 e. The first-order valence-electron chi connectivity index (χ1n) is 6.67. The first-order chi connectivity index (χ1) is 10.6. The van der Waals surface area contributed by atoms with Crippen LogP contribution in [-0.2, 0) is 6.54 Å². The van der Waals surface area contributed by atoms with Crippen LogP contribution in [-0.4, -0.2) is 10.9 Å². The van der Waals surface area contributed by atoms with Crippen molar-refractivity contribution in [3.05, 3.63) is 63.7 Å². The van der Waals surface area contributed by atoms with Gasteiger partial charge in [-0.2, -0.15) is 0 Å². The summed E-state index contributed by atoms with van der Waals surface area (Å²) in [6.45, 7) is 2.32. The Balaban J connectivity index is 1.70. The second-order valence-electron chi connectivity index (χ2n) is 4.70. The third-order valence-corrected chi connectivity index (χ3v) is 5.32. The van der Waals surface area contributed by atoms with Crippen molar-refractivity contribution in [2.24, 2.45) is 0 Å². The van der Waals surface area contributed by atoms with Gasteiger partial charge in [0, 0.05) is 10.4 Å². The normalized spacial score (nSPS) is 10.6. The zero-order valence-corrected chi connectivity index (χ0v) is 13.4. The van der Waals surface area contributed by atoms with Crippen LogP contribution in [0.25, 0.3) is 9.88 Å². The zero-order valence-electron chi connectivity index (χ0n) is 11.8. The Hall–Kier alpha value is -2.05. The van der Waals surface area contributed by atoms with E-state index in [1.165, 1.54) is 18.2 Å². The average molecular weight is 332 g/mol. The number of amides is 1. The Morgan fingerprint density at radius 3 is 2.91 bits per heavy atom. The lowest BCUT2D eigenvalue weighted by Gasteiger charge is -2.04. The molecule has 6 heteroatoms. The summed E-state index contributed by atoms with van der Waals surface area (Å²) >= 11 is 3.21. The number of halogens is 1. The van der Waals surface area contributed by atoms with Gasteiger partial charge in [0.05, 0.1) is 17.1 Å². The van der Waals surface area contributed by atoms with E-state index in [-0.39, 0.29) is 5.91 Å². The quantitative estimate of drug-likeness (QED) is 0.776. The minimum atomic E-state index is -0.415. The number of carbonyl (C=O) groups is 1. The second-order valence-corrected chi connectivity index (χ2v) is 6.73.